The summed E-state index contributed by atoms with van der Waals surface area (Å²) >= 11 is 0. The minimum absolute atomic E-state index is 0.599. The molecule has 0 heterocycles. The predicted molar refractivity (Wildman–Crippen MR) is 57.9 cm³/mol. The van der Waals surface area contributed by atoms with Gasteiger partial charge >= 0.3 is 0 Å². The molecule has 1 atom stereocenters. The van der Waals surface area contributed by atoms with Gasteiger partial charge in [0.05, 0.1) is 5.69 Å². The van der Waals surface area contributed by atoms with Gasteiger partial charge in [0.15, 0.2) is 0 Å². The highest BCUT2D eigenvalue weighted by molar-refractivity contribution is 7.93. The van der Waals surface area contributed by atoms with E-state index in [1.165, 1.54) is 0 Å². The second kappa shape index (κ2) is 3.92. The summed E-state index contributed by atoms with van der Waals surface area (Å²) in [6.45, 7) is 3.87. The van der Waals surface area contributed by atoms with E-state index in [4.69, 9.17) is 0 Å². The van der Waals surface area contributed by atoms with Gasteiger partial charge in [-0.05, 0) is 18.6 Å². The molecule has 1 aromatic carbocycles. The van der Waals surface area contributed by atoms with Crippen molar-refractivity contribution >= 4 is 15.4 Å². The molecule has 0 spiro atoms. The third kappa shape index (κ3) is 2.84. The minimum Gasteiger partial charge on any atom is -0.250 e. The Hall–Kier alpha value is -0.830. The topological polar surface area (TPSA) is 29.4 Å². The zero-order valence-electron chi connectivity index (χ0n) is 8.28. The SMILES string of the molecule is CC[S@](C)(=O)=Nc1ccccc1C. The summed E-state index contributed by atoms with van der Waals surface area (Å²) in [6, 6.07) is 7.74. The first kappa shape index (κ1) is 10.3. The summed E-state index contributed by atoms with van der Waals surface area (Å²) in [5.74, 6) is 0.599. The lowest BCUT2D eigenvalue weighted by atomic mass is 10.2. The number of hydrogen-bond donors (Lipinski definition) is 0. The van der Waals surface area contributed by atoms with Gasteiger partial charge in [0, 0.05) is 21.7 Å². The van der Waals surface area contributed by atoms with Gasteiger partial charge < -0.3 is 0 Å². The Morgan fingerprint density at radius 3 is 2.54 bits per heavy atom. The van der Waals surface area contributed by atoms with Crippen molar-refractivity contribution in [1.82, 2.24) is 0 Å². The predicted octanol–water partition coefficient (Wildman–Crippen LogP) is 2.74. The molecule has 0 aliphatic carbocycles. The van der Waals surface area contributed by atoms with Crippen LogP contribution in [0.15, 0.2) is 28.6 Å². The molecule has 0 bridgehead atoms. The summed E-state index contributed by atoms with van der Waals surface area (Å²) < 4.78 is 15.9. The fourth-order valence-electron chi connectivity index (χ4n) is 0.938. The Kier molecular flexibility index (Phi) is 3.09. The smallest absolute Gasteiger partial charge is 0.0759 e. The zero-order chi connectivity index (χ0) is 9.90. The van der Waals surface area contributed by atoms with Crippen LogP contribution < -0.4 is 0 Å². The molecular formula is C10H15NOS. The molecule has 0 aliphatic rings. The molecule has 0 N–H and O–H groups in total. The fraction of sp³-hybridized carbons (Fsp3) is 0.400. The summed E-state index contributed by atoms with van der Waals surface area (Å²) in [6.07, 6.45) is 1.69. The Balaban J connectivity index is 3.19. The molecule has 2 nitrogen and oxygen atoms in total. The number of benzene rings is 1. The lowest BCUT2D eigenvalue weighted by Crippen LogP contribution is -1.97. The summed E-state index contributed by atoms with van der Waals surface area (Å²) in [5.41, 5.74) is 1.92. The first-order valence-corrected chi connectivity index (χ1v) is 6.40. The Morgan fingerprint density at radius 1 is 1.38 bits per heavy atom. The molecule has 0 saturated carbocycles. The number of rotatable bonds is 2. The molecule has 0 aromatic heterocycles. The molecule has 1 rings (SSSR count). The lowest BCUT2D eigenvalue weighted by Gasteiger charge is -2.02. The Bertz CT molecular complexity index is 403. The number of nitrogens with zero attached hydrogens (tertiary/aromatic N) is 1. The number of aryl methyl sites for hydroxylation is 1. The van der Waals surface area contributed by atoms with Crippen molar-refractivity contribution in [3.63, 3.8) is 0 Å². The molecular weight excluding hydrogens is 182 g/mol. The second-order valence-electron chi connectivity index (χ2n) is 3.13. The maximum absolute atomic E-state index is 11.7. The van der Waals surface area contributed by atoms with E-state index in [0.717, 1.165) is 11.3 Å². The maximum atomic E-state index is 11.7. The highest BCUT2D eigenvalue weighted by atomic mass is 32.2. The standard InChI is InChI=1S/C10H15NOS/c1-4-13(3,12)11-10-8-6-5-7-9(10)2/h5-8H,4H2,1-3H3/t13-/m0/s1. The summed E-state index contributed by atoms with van der Waals surface area (Å²) in [5, 5.41) is 0. The maximum Gasteiger partial charge on any atom is 0.0759 e. The van der Waals surface area contributed by atoms with Crippen LogP contribution in [0.5, 0.6) is 0 Å². The van der Waals surface area contributed by atoms with Crippen LogP contribution in [-0.4, -0.2) is 16.2 Å². The van der Waals surface area contributed by atoms with Gasteiger partial charge in [0.25, 0.3) is 0 Å². The molecule has 0 radical (unpaired) electrons. The second-order valence-corrected chi connectivity index (χ2v) is 5.80. The first-order valence-electron chi connectivity index (χ1n) is 4.30. The largest absolute Gasteiger partial charge is 0.250 e. The van der Waals surface area contributed by atoms with Crippen molar-refractivity contribution in [3.8, 4) is 0 Å². The van der Waals surface area contributed by atoms with E-state index < -0.39 is 9.73 Å². The van der Waals surface area contributed by atoms with Crippen molar-refractivity contribution in [2.24, 2.45) is 4.36 Å². The van der Waals surface area contributed by atoms with E-state index in [2.05, 4.69) is 4.36 Å². The summed E-state index contributed by atoms with van der Waals surface area (Å²) in [4.78, 5) is 0. The monoisotopic (exact) mass is 197 g/mol. The molecule has 0 unspecified atom stereocenters. The quantitative estimate of drug-likeness (QED) is 0.716. The molecule has 72 valence electrons. The molecule has 3 heteroatoms. The van der Waals surface area contributed by atoms with Gasteiger partial charge in [0.1, 0.15) is 0 Å². The van der Waals surface area contributed by atoms with Gasteiger partial charge in [-0.25, -0.2) is 4.21 Å². The molecule has 1 aromatic rings. The molecule has 13 heavy (non-hydrogen) atoms. The van der Waals surface area contributed by atoms with Crippen molar-refractivity contribution in [1.29, 1.82) is 0 Å². The van der Waals surface area contributed by atoms with Gasteiger partial charge in [-0.15, -0.1) is 0 Å². The average Bonchev–Trinajstić information content (AvgIpc) is 2.09. The zero-order valence-corrected chi connectivity index (χ0v) is 9.10. The Morgan fingerprint density at radius 2 is 2.00 bits per heavy atom. The lowest BCUT2D eigenvalue weighted by molar-refractivity contribution is 0.681. The molecule has 0 fully saturated rings. The third-order valence-corrected chi connectivity index (χ3v) is 3.60. The molecule has 0 saturated heterocycles. The Labute approximate surface area is 80.2 Å². The van der Waals surface area contributed by atoms with Crippen molar-refractivity contribution < 1.29 is 4.21 Å². The van der Waals surface area contributed by atoms with Crippen LogP contribution in [0.3, 0.4) is 0 Å². The van der Waals surface area contributed by atoms with Crippen molar-refractivity contribution in [3.05, 3.63) is 29.8 Å². The van der Waals surface area contributed by atoms with Gasteiger partial charge in [-0.1, -0.05) is 25.1 Å². The first-order chi connectivity index (χ1) is 6.05. The van der Waals surface area contributed by atoms with Crippen LogP contribution in [0.4, 0.5) is 5.69 Å². The van der Waals surface area contributed by atoms with Crippen LogP contribution in [0.2, 0.25) is 0 Å². The van der Waals surface area contributed by atoms with Crippen LogP contribution in [0.1, 0.15) is 12.5 Å². The van der Waals surface area contributed by atoms with Gasteiger partial charge in [-0.3, -0.25) is 0 Å². The van der Waals surface area contributed by atoms with Gasteiger partial charge in [0.2, 0.25) is 0 Å². The normalized spacial score (nSPS) is 15.0. The van der Waals surface area contributed by atoms with Gasteiger partial charge in [-0.2, -0.15) is 4.36 Å². The number of hydrogen-bond acceptors (Lipinski definition) is 2. The minimum atomic E-state index is -2.02. The van der Waals surface area contributed by atoms with E-state index >= 15 is 0 Å². The third-order valence-electron chi connectivity index (χ3n) is 1.94. The van der Waals surface area contributed by atoms with Crippen LogP contribution in [0, 0.1) is 6.92 Å². The highest BCUT2D eigenvalue weighted by Gasteiger charge is 1.99. The summed E-state index contributed by atoms with van der Waals surface area (Å²) in [7, 11) is -2.02. The van der Waals surface area contributed by atoms with E-state index in [0.29, 0.717) is 5.75 Å². The molecule has 0 aliphatic heterocycles. The van der Waals surface area contributed by atoms with E-state index in [-0.39, 0.29) is 0 Å². The van der Waals surface area contributed by atoms with Crippen molar-refractivity contribution in [2.75, 3.05) is 12.0 Å². The van der Waals surface area contributed by atoms with E-state index in [1.54, 1.807) is 6.26 Å². The van der Waals surface area contributed by atoms with Crippen molar-refractivity contribution in [2.45, 2.75) is 13.8 Å². The fourth-order valence-corrected chi connectivity index (χ4v) is 1.69. The van der Waals surface area contributed by atoms with Crippen LogP contribution >= 0.6 is 0 Å². The van der Waals surface area contributed by atoms with E-state index in [9.17, 15) is 4.21 Å². The van der Waals surface area contributed by atoms with Crippen LogP contribution in [0.25, 0.3) is 0 Å². The van der Waals surface area contributed by atoms with E-state index in [1.807, 2.05) is 38.1 Å². The average molecular weight is 197 g/mol. The van der Waals surface area contributed by atoms with Crippen LogP contribution in [-0.2, 0) is 9.73 Å². The molecule has 0 amide bonds. The highest BCUT2D eigenvalue weighted by Crippen LogP contribution is 2.18.